The maximum atomic E-state index is 12.2. The van der Waals surface area contributed by atoms with Crippen LogP contribution < -0.4 is 5.32 Å². The average Bonchev–Trinajstić information content (AvgIpc) is 2.47. The van der Waals surface area contributed by atoms with Crippen LogP contribution in [0, 0.1) is 0 Å². The Hall–Kier alpha value is -1.10. The van der Waals surface area contributed by atoms with E-state index in [1.807, 2.05) is 24.3 Å². The predicted octanol–water partition coefficient (Wildman–Crippen LogP) is 1.72. The van der Waals surface area contributed by atoms with Crippen molar-refractivity contribution in [2.75, 3.05) is 32.8 Å². The molecule has 0 spiro atoms. The van der Waals surface area contributed by atoms with Crippen molar-refractivity contribution in [1.29, 1.82) is 0 Å². The van der Waals surface area contributed by atoms with Crippen LogP contribution in [-0.4, -0.2) is 49.7 Å². The molecule has 0 bridgehead atoms. The van der Waals surface area contributed by atoms with Crippen LogP contribution in [0.15, 0.2) is 24.3 Å². The van der Waals surface area contributed by atoms with E-state index < -0.39 is 0 Å². The van der Waals surface area contributed by atoms with Crippen LogP contribution >= 0.6 is 11.6 Å². The Labute approximate surface area is 125 Å². The van der Waals surface area contributed by atoms with Crippen LogP contribution in [0.2, 0.25) is 5.02 Å². The molecule has 0 aliphatic carbocycles. The van der Waals surface area contributed by atoms with E-state index in [0.717, 1.165) is 30.1 Å². The van der Waals surface area contributed by atoms with E-state index in [0.29, 0.717) is 19.8 Å². The minimum Gasteiger partial charge on any atom is -0.378 e. The van der Waals surface area contributed by atoms with Gasteiger partial charge in [-0.25, -0.2) is 0 Å². The first-order valence-electron chi connectivity index (χ1n) is 7.04. The summed E-state index contributed by atoms with van der Waals surface area (Å²) in [4.78, 5) is 14.3. The third-order valence-electron chi connectivity index (χ3n) is 3.55. The maximum absolute atomic E-state index is 12.2. The van der Waals surface area contributed by atoms with Crippen molar-refractivity contribution >= 4 is 17.5 Å². The summed E-state index contributed by atoms with van der Waals surface area (Å²) in [5.74, 6) is 0.0496. The van der Waals surface area contributed by atoms with Gasteiger partial charge in [-0.15, -0.1) is 0 Å². The second kappa shape index (κ2) is 7.62. The van der Waals surface area contributed by atoms with Gasteiger partial charge in [-0.1, -0.05) is 30.7 Å². The molecular formula is C15H21ClN2O2. The highest BCUT2D eigenvalue weighted by molar-refractivity contribution is 6.30. The van der Waals surface area contributed by atoms with E-state index in [4.69, 9.17) is 16.3 Å². The Morgan fingerprint density at radius 3 is 3.15 bits per heavy atom. The molecular weight excluding hydrogens is 276 g/mol. The molecule has 0 saturated carbocycles. The van der Waals surface area contributed by atoms with Crippen LogP contribution in [0.5, 0.6) is 0 Å². The van der Waals surface area contributed by atoms with Gasteiger partial charge in [-0.05, 0) is 30.7 Å². The Bertz CT molecular complexity index is 453. The van der Waals surface area contributed by atoms with E-state index in [1.54, 1.807) is 0 Å². The molecule has 1 amide bonds. The number of hydrogen-bond donors (Lipinski definition) is 1. The lowest BCUT2D eigenvalue weighted by Gasteiger charge is -2.33. The van der Waals surface area contributed by atoms with E-state index in [2.05, 4.69) is 17.1 Å². The van der Waals surface area contributed by atoms with E-state index in [9.17, 15) is 4.79 Å². The molecule has 1 heterocycles. The van der Waals surface area contributed by atoms with E-state index in [1.165, 1.54) is 0 Å². The number of benzene rings is 1. The highest BCUT2D eigenvalue weighted by Gasteiger charge is 2.27. The van der Waals surface area contributed by atoms with Crippen LogP contribution in [0.4, 0.5) is 0 Å². The zero-order valence-corrected chi connectivity index (χ0v) is 12.5. The fraction of sp³-hybridized carbons (Fsp3) is 0.533. The number of rotatable bonds is 5. The van der Waals surface area contributed by atoms with Crippen LogP contribution in [0.25, 0.3) is 0 Å². The Morgan fingerprint density at radius 1 is 1.55 bits per heavy atom. The summed E-state index contributed by atoms with van der Waals surface area (Å²) < 4.78 is 5.40. The molecule has 1 atom stereocenters. The maximum Gasteiger partial charge on any atom is 0.239 e. The molecule has 4 nitrogen and oxygen atoms in total. The third-order valence-corrected chi connectivity index (χ3v) is 3.79. The Morgan fingerprint density at radius 2 is 2.40 bits per heavy atom. The number of amides is 1. The zero-order chi connectivity index (χ0) is 14.4. The second-order valence-electron chi connectivity index (χ2n) is 4.89. The van der Waals surface area contributed by atoms with Gasteiger partial charge in [0.25, 0.3) is 0 Å². The van der Waals surface area contributed by atoms with Crippen molar-refractivity contribution in [2.45, 2.75) is 19.4 Å². The molecule has 0 radical (unpaired) electrons. The number of halogens is 1. The van der Waals surface area contributed by atoms with Crippen molar-refractivity contribution in [3.05, 3.63) is 34.9 Å². The lowest BCUT2D eigenvalue weighted by Crippen LogP contribution is -2.53. The molecule has 1 aromatic carbocycles. The molecule has 1 N–H and O–H groups in total. The Balaban J connectivity index is 1.79. The molecule has 1 aromatic rings. The molecule has 110 valence electrons. The summed E-state index contributed by atoms with van der Waals surface area (Å²) in [6.45, 7) is 5.57. The Kier molecular flexibility index (Phi) is 5.83. The van der Waals surface area contributed by atoms with Crippen molar-refractivity contribution in [2.24, 2.45) is 0 Å². The summed E-state index contributed by atoms with van der Waals surface area (Å²) in [6, 6.07) is 7.55. The largest absolute Gasteiger partial charge is 0.378 e. The summed E-state index contributed by atoms with van der Waals surface area (Å²) in [7, 11) is 0. The average molecular weight is 297 g/mol. The number of ether oxygens (including phenoxy) is 1. The lowest BCUT2D eigenvalue weighted by atomic mass is 10.1. The van der Waals surface area contributed by atoms with Gasteiger partial charge in [-0.3, -0.25) is 9.69 Å². The van der Waals surface area contributed by atoms with Crippen LogP contribution in [-0.2, 0) is 16.0 Å². The van der Waals surface area contributed by atoms with Gasteiger partial charge in [0, 0.05) is 18.1 Å². The molecule has 1 fully saturated rings. The molecule has 1 saturated heterocycles. The molecule has 1 aliphatic rings. The third kappa shape index (κ3) is 4.20. The highest BCUT2D eigenvalue weighted by atomic mass is 35.5. The number of nitrogens with one attached hydrogen (secondary N) is 1. The van der Waals surface area contributed by atoms with Gasteiger partial charge in [0.1, 0.15) is 6.04 Å². The van der Waals surface area contributed by atoms with Gasteiger partial charge < -0.3 is 10.1 Å². The van der Waals surface area contributed by atoms with Crippen molar-refractivity contribution in [1.82, 2.24) is 10.2 Å². The quantitative estimate of drug-likeness (QED) is 0.899. The minimum atomic E-state index is -0.159. The highest BCUT2D eigenvalue weighted by Crippen LogP contribution is 2.11. The molecule has 1 aliphatic heterocycles. The number of carbonyl (C=O) groups excluding carboxylic acids is 1. The lowest BCUT2D eigenvalue weighted by molar-refractivity contribution is -0.132. The van der Waals surface area contributed by atoms with Crippen LogP contribution in [0.3, 0.4) is 0 Å². The molecule has 0 unspecified atom stereocenters. The van der Waals surface area contributed by atoms with Crippen LogP contribution in [0.1, 0.15) is 12.5 Å². The van der Waals surface area contributed by atoms with Gasteiger partial charge in [0.05, 0.1) is 13.2 Å². The second-order valence-corrected chi connectivity index (χ2v) is 5.33. The van der Waals surface area contributed by atoms with Gasteiger partial charge in [-0.2, -0.15) is 0 Å². The monoisotopic (exact) mass is 296 g/mol. The fourth-order valence-corrected chi connectivity index (χ4v) is 2.61. The summed E-state index contributed by atoms with van der Waals surface area (Å²) in [5.41, 5.74) is 1.13. The number of likely N-dealkylation sites (N-methyl/N-ethyl adjacent to an activating group) is 1. The van der Waals surface area contributed by atoms with E-state index in [-0.39, 0.29) is 11.9 Å². The minimum absolute atomic E-state index is 0.0496. The first-order chi connectivity index (χ1) is 9.70. The summed E-state index contributed by atoms with van der Waals surface area (Å²) in [5, 5.41) is 3.71. The van der Waals surface area contributed by atoms with Gasteiger partial charge in [0.15, 0.2) is 0 Å². The van der Waals surface area contributed by atoms with Gasteiger partial charge in [0.2, 0.25) is 5.91 Å². The smallest absolute Gasteiger partial charge is 0.239 e. The van der Waals surface area contributed by atoms with Crippen molar-refractivity contribution in [3.63, 3.8) is 0 Å². The molecule has 5 heteroatoms. The summed E-state index contributed by atoms with van der Waals surface area (Å²) in [6.07, 6.45) is 0.784. The number of hydrogen-bond acceptors (Lipinski definition) is 3. The normalized spacial score (nSPS) is 19.8. The number of nitrogens with zero attached hydrogens (tertiary/aromatic N) is 1. The first-order valence-corrected chi connectivity index (χ1v) is 7.42. The summed E-state index contributed by atoms with van der Waals surface area (Å²) >= 11 is 5.94. The first kappa shape index (κ1) is 15.3. The van der Waals surface area contributed by atoms with Crippen molar-refractivity contribution in [3.8, 4) is 0 Å². The number of carbonyl (C=O) groups is 1. The molecule has 20 heavy (non-hydrogen) atoms. The van der Waals surface area contributed by atoms with Gasteiger partial charge >= 0.3 is 0 Å². The number of morpholine rings is 1. The van der Waals surface area contributed by atoms with E-state index >= 15 is 0 Å². The zero-order valence-electron chi connectivity index (χ0n) is 11.8. The fourth-order valence-electron chi connectivity index (χ4n) is 2.40. The van der Waals surface area contributed by atoms with Crippen molar-refractivity contribution < 1.29 is 9.53 Å². The SMILES string of the molecule is CCN1CCOC[C@H]1C(=O)NCCc1cccc(Cl)c1. The standard InChI is InChI=1S/C15H21ClN2O2/c1-2-18-8-9-20-11-14(18)15(19)17-7-6-12-4-3-5-13(16)10-12/h3-5,10,14H,2,6-9,11H2,1H3,(H,17,19)/t14-/m0/s1. The topological polar surface area (TPSA) is 41.6 Å². The predicted molar refractivity (Wildman–Crippen MR) is 80.0 cm³/mol. The molecule has 2 rings (SSSR count). The molecule has 0 aromatic heterocycles.